The van der Waals surface area contributed by atoms with Crippen LogP contribution in [0, 0.1) is 6.92 Å². The molecular weight excluding hydrogens is 390 g/mol. The Hall–Kier alpha value is -3.80. The van der Waals surface area contributed by atoms with Crippen LogP contribution in [0.2, 0.25) is 0 Å². The molecule has 2 aromatic carbocycles. The normalized spacial score (nSPS) is 14.1. The molecule has 0 saturated carbocycles. The van der Waals surface area contributed by atoms with Crippen LogP contribution in [-0.2, 0) is 4.79 Å². The summed E-state index contributed by atoms with van der Waals surface area (Å²) in [6.07, 6.45) is 4.63. The van der Waals surface area contributed by atoms with E-state index in [0.717, 1.165) is 35.6 Å². The molecule has 31 heavy (non-hydrogen) atoms. The number of hydrogen-bond donors (Lipinski definition) is 1. The highest BCUT2D eigenvalue weighted by Crippen LogP contribution is 2.20. The lowest BCUT2D eigenvalue weighted by Gasteiger charge is -2.36. The van der Waals surface area contributed by atoms with Gasteiger partial charge in [0.1, 0.15) is 5.76 Å². The second-order valence-corrected chi connectivity index (χ2v) is 7.53. The fourth-order valence-corrected chi connectivity index (χ4v) is 3.53. The van der Waals surface area contributed by atoms with Gasteiger partial charge in [-0.25, -0.2) is 0 Å². The molecule has 3 aromatic rings. The van der Waals surface area contributed by atoms with Gasteiger partial charge >= 0.3 is 0 Å². The standard InChI is InChI=1S/C25H25N3O3/c1-19-4-6-20(7-5-19)25(30)28-16-14-27(15-17-28)22-10-8-21(9-11-22)26-24(29)13-12-23-3-2-18-31-23/h2-13,18H,14-17H2,1H3,(H,26,29)/b13-12+. The summed E-state index contributed by atoms with van der Waals surface area (Å²) in [7, 11) is 0. The number of nitrogens with one attached hydrogen (secondary N) is 1. The Morgan fingerprint density at radius 3 is 2.29 bits per heavy atom. The van der Waals surface area contributed by atoms with Gasteiger partial charge in [0.2, 0.25) is 5.91 Å². The Labute approximate surface area is 181 Å². The third kappa shape index (κ3) is 5.22. The van der Waals surface area contributed by atoms with Crippen LogP contribution in [-0.4, -0.2) is 42.9 Å². The number of amides is 2. The summed E-state index contributed by atoms with van der Waals surface area (Å²) < 4.78 is 5.17. The van der Waals surface area contributed by atoms with E-state index >= 15 is 0 Å². The van der Waals surface area contributed by atoms with Gasteiger partial charge in [0, 0.05) is 49.2 Å². The fraction of sp³-hybridized carbons (Fsp3) is 0.200. The van der Waals surface area contributed by atoms with Crippen LogP contribution in [0.1, 0.15) is 21.7 Å². The Bertz CT molecular complexity index is 1050. The lowest BCUT2D eigenvalue weighted by atomic mass is 10.1. The van der Waals surface area contributed by atoms with Gasteiger partial charge < -0.3 is 19.5 Å². The van der Waals surface area contributed by atoms with E-state index in [1.54, 1.807) is 24.5 Å². The summed E-state index contributed by atoms with van der Waals surface area (Å²) in [6.45, 7) is 4.93. The topological polar surface area (TPSA) is 65.8 Å². The number of benzene rings is 2. The molecule has 1 aliphatic heterocycles. The number of hydrogen-bond acceptors (Lipinski definition) is 4. The molecule has 0 spiro atoms. The number of furan rings is 1. The minimum atomic E-state index is -0.215. The molecule has 4 rings (SSSR count). The first kappa shape index (κ1) is 20.5. The number of nitrogens with zero attached hydrogens (tertiary/aromatic N) is 2. The van der Waals surface area contributed by atoms with Gasteiger partial charge in [-0.05, 0) is 61.5 Å². The number of aryl methyl sites for hydroxylation is 1. The highest BCUT2D eigenvalue weighted by Gasteiger charge is 2.22. The lowest BCUT2D eigenvalue weighted by molar-refractivity contribution is -0.111. The Morgan fingerprint density at radius 2 is 1.65 bits per heavy atom. The molecule has 2 heterocycles. The summed E-state index contributed by atoms with van der Waals surface area (Å²) >= 11 is 0. The van der Waals surface area contributed by atoms with E-state index in [0.29, 0.717) is 18.8 Å². The zero-order valence-corrected chi connectivity index (χ0v) is 17.5. The van der Waals surface area contributed by atoms with Crippen molar-refractivity contribution >= 4 is 29.3 Å². The average Bonchev–Trinajstić information content (AvgIpc) is 3.32. The molecule has 158 valence electrons. The third-order valence-electron chi connectivity index (χ3n) is 5.31. The highest BCUT2D eigenvalue weighted by atomic mass is 16.3. The predicted molar refractivity (Wildman–Crippen MR) is 122 cm³/mol. The molecule has 1 saturated heterocycles. The molecule has 6 heteroatoms. The van der Waals surface area contributed by atoms with E-state index in [4.69, 9.17) is 4.42 Å². The first-order chi connectivity index (χ1) is 15.1. The van der Waals surface area contributed by atoms with Gasteiger partial charge in [-0.15, -0.1) is 0 Å². The largest absolute Gasteiger partial charge is 0.465 e. The van der Waals surface area contributed by atoms with Crippen molar-refractivity contribution < 1.29 is 14.0 Å². The van der Waals surface area contributed by atoms with Crippen molar-refractivity contribution in [2.24, 2.45) is 0 Å². The van der Waals surface area contributed by atoms with Crippen molar-refractivity contribution in [3.8, 4) is 0 Å². The number of carbonyl (C=O) groups excluding carboxylic acids is 2. The third-order valence-corrected chi connectivity index (χ3v) is 5.31. The number of anilines is 2. The first-order valence-electron chi connectivity index (χ1n) is 10.3. The zero-order valence-electron chi connectivity index (χ0n) is 17.5. The van der Waals surface area contributed by atoms with Crippen LogP contribution in [0.5, 0.6) is 0 Å². The molecule has 0 radical (unpaired) electrons. The van der Waals surface area contributed by atoms with Crippen molar-refractivity contribution in [2.75, 3.05) is 36.4 Å². The van der Waals surface area contributed by atoms with Crippen molar-refractivity contribution in [1.82, 2.24) is 4.90 Å². The summed E-state index contributed by atoms with van der Waals surface area (Å²) in [4.78, 5) is 28.9. The van der Waals surface area contributed by atoms with Crippen LogP contribution in [0.25, 0.3) is 6.08 Å². The van der Waals surface area contributed by atoms with E-state index < -0.39 is 0 Å². The quantitative estimate of drug-likeness (QED) is 0.634. The maximum absolute atomic E-state index is 12.7. The monoisotopic (exact) mass is 415 g/mol. The summed E-state index contributed by atoms with van der Waals surface area (Å²) in [5.41, 5.74) is 3.69. The van der Waals surface area contributed by atoms with Crippen LogP contribution in [0.3, 0.4) is 0 Å². The SMILES string of the molecule is Cc1ccc(C(=O)N2CCN(c3ccc(NC(=O)/C=C/c4ccco4)cc3)CC2)cc1. The van der Waals surface area contributed by atoms with E-state index in [-0.39, 0.29) is 11.8 Å². The summed E-state index contributed by atoms with van der Waals surface area (Å²) in [5, 5.41) is 2.84. The highest BCUT2D eigenvalue weighted by molar-refractivity contribution is 6.01. The van der Waals surface area contributed by atoms with Gasteiger partial charge in [0.05, 0.1) is 6.26 Å². The minimum Gasteiger partial charge on any atom is -0.465 e. The van der Waals surface area contributed by atoms with E-state index in [1.165, 1.54) is 6.08 Å². The van der Waals surface area contributed by atoms with Crippen LogP contribution >= 0.6 is 0 Å². The van der Waals surface area contributed by atoms with Crippen molar-refractivity contribution in [3.05, 3.63) is 89.9 Å². The molecule has 1 fully saturated rings. The van der Waals surface area contributed by atoms with Gasteiger partial charge in [0.15, 0.2) is 0 Å². The fourth-order valence-electron chi connectivity index (χ4n) is 3.53. The molecule has 0 bridgehead atoms. The maximum Gasteiger partial charge on any atom is 0.253 e. The van der Waals surface area contributed by atoms with Crippen molar-refractivity contribution in [2.45, 2.75) is 6.92 Å². The number of carbonyl (C=O) groups is 2. The van der Waals surface area contributed by atoms with E-state index in [2.05, 4.69) is 10.2 Å². The minimum absolute atomic E-state index is 0.0836. The predicted octanol–water partition coefficient (Wildman–Crippen LogP) is 4.20. The van der Waals surface area contributed by atoms with Gasteiger partial charge in [-0.1, -0.05) is 17.7 Å². The number of piperazine rings is 1. The van der Waals surface area contributed by atoms with Gasteiger partial charge in [-0.2, -0.15) is 0 Å². The van der Waals surface area contributed by atoms with Crippen molar-refractivity contribution in [1.29, 1.82) is 0 Å². The summed E-state index contributed by atoms with van der Waals surface area (Å²) in [6, 6.07) is 19.0. The van der Waals surface area contributed by atoms with Crippen LogP contribution < -0.4 is 10.2 Å². The molecule has 0 aliphatic carbocycles. The van der Waals surface area contributed by atoms with Gasteiger partial charge in [-0.3, -0.25) is 9.59 Å². The van der Waals surface area contributed by atoms with Gasteiger partial charge in [0.25, 0.3) is 5.91 Å². The first-order valence-corrected chi connectivity index (χ1v) is 10.3. The van der Waals surface area contributed by atoms with Crippen LogP contribution in [0.15, 0.2) is 77.4 Å². The average molecular weight is 415 g/mol. The second kappa shape index (κ2) is 9.34. The van der Waals surface area contributed by atoms with Crippen molar-refractivity contribution in [3.63, 3.8) is 0 Å². The molecule has 0 atom stereocenters. The molecular formula is C25H25N3O3. The van der Waals surface area contributed by atoms with Crippen LogP contribution in [0.4, 0.5) is 11.4 Å². The smallest absolute Gasteiger partial charge is 0.253 e. The van der Waals surface area contributed by atoms with E-state index in [1.807, 2.05) is 60.4 Å². The zero-order chi connectivity index (χ0) is 21.6. The molecule has 6 nitrogen and oxygen atoms in total. The lowest BCUT2D eigenvalue weighted by Crippen LogP contribution is -2.48. The maximum atomic E-state index is 12.7. The van der Waals surface area contributed by atoms with E-state index in [9.17, 15) is 9.59 Å². The molecule has 0 unspecified atom stereocenters. The molecule has 1 N–H and O–H groups in total. The Kier molecular flexibility index (Phi) is 6.17. The Morgan fingerprint density at radius 1 is 0.935 bits per heavy atom. The molecule has 1 aromatic heterocycles. The second-order valence-electron chi connectivity index (χ2n) is 7.53. The summed E-state index contributed by atoms with van der Waals surface area (Å²) in [5.74, 6) is 0.498. The molecule has 2 amide bonds. The Balaban J connectivity index is 1.29. The number of rotatable bonds is 5. The molecule has 1 aliphatic rings.